The molecule has 0 saturated heterocycles. The first kappa shape index (κ1) is 24.0. The van der Waals surface area contributed by atoms with E-state index < -0.39 is 0 Å². The lowest BCUT2D eigenvalue weighted by atomic mass is 9.93. The molecule has 0 bridgehead atoms. The predicted octanol–water partition coefficient (Wildman–Crippen LogP) is 10.1. The third-order valence-corrected chi connectivity index (χ3v) is 7.62. The average Bonchev–Trinajstić information content (AvgIpc) is 3.01. The van der Waals surface area contributed by atoms with Gasteiger partial charge < -0.3 is 0 Å². The molecule has 7 aromatic rings. The maximum absolute atomic E-state index is 5.31. The van der Waals surface area contributed by atoms with Crippen molar-refractivity contribution in [3.8, 4) is 44.8 Å². The molecule has 0 N–H and O–H groups in total. The Bertz CT molecular complexity index is 1830. The van der Waals surface area contributed by atoms with E-state index in [1.165, 1.54) is 22.3 Å². The molecule has 0 radical (unpaired) electrons. The van der Waals surface area contributed by atoms with Gasteiger partial charge >= 0.3 is 0 Å². The Morgan fingerprint density at radius 1 is 0.375 bits per heavy atom. The third-order valence-electron chi connectivity index (χ3n) is 7.62. The van der Waals surface area contributed by atoms with Crippen LogP contribution in [0, 0.1) is 13.8 Å². The molecule has 2 nitrogen and oxygen atoms in total. The molecule has 2 heterocycles. The van der Waals surface area contributed by atoms with Crippen molar-refractivity contribution in [1.82, 2.24) is 9.97 Å². The molecular formula is C38H28N2. The van der Waals surface area contributed by atoms with E-state index in [1.807, 2.05) is 0 Å². The van der Waals surface area contributed by atoms with Crippen LogP contribution in [0.1, 0.15) is 11.1 Å². The van der Waals surface area contributed by atoms with Gasteiger partial charge in [0.1, 0.15) is 0 Å². The van der Waals surface area contributed by atoms with Gasteiger partial charge in [0.05, 0.1) is 22.4 Å². The Morgan fingerprint density at radius 3 is 1.12 bits per heavy atom. The van der Waals surface area contributed by atoms with Crippen LogP contribution in [0.2, 0.25) is 0 Å². The third kappa shape index (κ3) is 4.34. The molecule has 0 atom stereocenters. The zero-order chi connectivity index (χ0) is 27.1. The summed E-state index contributed by atoms with van der Waals surface area (Å²) in [6.45, 7) is 4.23. The van der Waals surface area contributed by atoms with Gasteiger partial charge in [0.15, 0.2) is 0 Å². The normalized spacial score (nSPS) is 11.2. The van der Waals surface area contributed by atoms with Crippen molar-refractivity contribution >= 4 is 21.8 Å². The summed E-state index contributed by atoms with van der Waals surface area (Å²) in [5.74, 6) is 0. The van der Waals surface area contributed by atoms with Gasteiger partial charge in [-0.05, 0) is 48.2 Å². The summed E-state index contributed by atoms with van der Waals surface area (Å²) >= 11 is 0. The second-order valence-electron chi connectivity index (χ2n) is 10.4. The van der Waals surface area contributed by atoms with Crippen LogP contribution in [0.5, 0.6) is 0 Å². The summed E-state index contributed by atoms with van der Waals surface area (Å²) in [5, 5.41) is 2.20. The number of hydrogen-bond acceptors (Lipinski definition) is 2. The monoisotopic (exact) mass is 512 g/mol. The highest BCUT2D eigenvalue weighted by Crippen LogP contribution is 2.39. The summed E-state index contributed by atoms with van der Waals surface area (Å²) in [6, 6.07) is 47.2. The molecule has 0 aliphatic carbocycles. The van der Waals surface area contributed by atoms with Gasteiger partial charge in [-0.1, -0.05) is 132 Å². The fourth-order valence-corrected chi connectivity index (χ4v) is 5.43. The smallest absolute Gasteiger partial charge is 0.0978 e. The first-order valence-corrected chi connectivity index (χ1v) is 13.7. The van der Waals surface area contributed by atoms with E-state index in [-0.39, 0.29) is 0 Å². The van der Waals surface area contributed by atoms with E-state index >= 15 is 0 Å². The molecule has 0 saturated carbocycles. The van der Waals surface area contributed by atoms with Crippen LogP contribution in [0.15, 0.2) is 133 Å². The molecule has 0 aliphatic heterocycles. The minimum Gasteiger partial charge on any atom is -0.245 e. The van der Waals surface area contributed by atoms with Gasteiger partial charge in [0.2, 0.25) is 0 Å². The standard InChI is InChI=1S/C38H28N2/c1-25-13-17-29(18-14-25)35-23-33(27-9-5-3-6-10-27)31-21-22-32-34(28-11-7-4-8-12-28)24-36(40-38(32)37(31)39-35)30-19-15-26(2)16-20-30/h3-24H,1-2H3. The van der Waals surface area contributed by atoms with Crippen molar-refractivity contribution in [3.05, 3.63) is 145 Å². The van der Waals surface area contributed by atoms with E-state index in [4.69, 9.17) is 9.97 Å². The number of fused-ring (bicyclic) bond motifs is 3. The lowest BCUT2D eigenvalue weighted by Gasteiger charge is -2.15. The molecule has 0 unspecified atom stereocenters. The van der Waals surface area contributed by atoms with Crippen molar-refractivity contribution < 1.29 is 0 Å². The highest BCUT2D eigenvalue weighted by molar-refractivity contribution is 6.13. The molecule has 0 amide bonds. The van der Waals surface area contributed by atoms with Crippen LogP contribution in [0.3, 0.4) is 0 Å². The summed E-state index contributed by atoms with van der Waals surface area (Å²) in [7, 11) is 0. The molecule has 7 rings (SSSR count). The van der Waals surface area contributed by atoms with Gasteiger partial charge in [-0.25, -0.2) is 9.97 Å². The first-order chi connectivity index (χ1) is 19.6. The fourth-order valence-electron chi connectivity index (χ4n) is 5.43. The maximum atomic E-state index is 5.31. The van der Waals surface area contributed by atoms with Gasteiger partial charge in [-0.2, -0.15) is 0 Å². The van der Waals surface area contributed by atoms with Gasteiger partial charge in [0, 0.05) is 21.9 Å². The van der Waals surface area contributed by atoms with Gasteiger partial charge in [-0.15, -0.1) is 0 Å². The zero-order valence-corrected chi connectivity index (χ0v) is 22.6. The Kier molecular flexibility index (Phi) is 5.94. The van der Waals surface area contributed by atoms with Gasteiger partial charge in [0.25, 0.3) is 0 Å². The van der Waals surface area contributed by atoms with Crippen LogP contribution in [0.25, 0.3) is 66.6 Å². The summed E-state index contributed by atoms with van der Waals surface area (Å²) in [5.41, 5.74) is 13.0. The summed E-state index contributed by atoms with van der Waals surface area (Å²) in [4.78, 5) is 10.6. The minimum absolute atomic E-state index is 0.917. The van der Waals surface area contributed by atoms with Crippen molar-refractivity contribution in [2.45, 2.75) is 13.8 Å². The van der Waals surface area contributed by atoms with E-state index in [9.17, 15) is 0 Å². The number of aryl methyl sites for hydroxylation is 2. The van der Waals surface area contributed by atoms with Crippen LogP contribution in [0.4, 0.5) is 0 Å². The molecule has 190 valence electrons. The Morgan fingerprint density at radius 2 is 0.750 bits per heavy atom. The van der Waals surface area contributed by atoms with Crippen LogP contribution in [-0.2, 0) is 0 Å². The predicted molar refractivity (Wildman–Crippen MR) is 168 cm³/mol. The second kappa shape index (κ2) is 9.91. The quantitative estimate of drug-likeness (QED) is 0.219. The molecule has 2 aromatic heterocycles. The van der Waals surface area contributed by atoms with Crippen molar-refractivity contribution in [2.75, 3.05) is 0 Å². The number of aromatic nitrogens is 2. The van der Waals surface area contributed by atoms with Gasteiger partial charge in [-0.3, -0.25) is 0 Å². The molecule has 5 aromatic carbocycles. The molecule has 40 heavy (non-hydrogen) atoms. The number of pyridine rings is 2. The summed E-state index contributed by atoms with van der Waals surface area (Å²) < 4.78 is 0. The first-order valence-electron chi connectivity index (χ1n) is 13.7. The van der Waals surface area contributed by atoms with Crippen molar-refractivity contribution in [3.63, 3.8) is 0 Å². The Balaban J connectivity index is 1.60. The van der Waals surface area contributed by atoms with E-state index in [2.05, 4.69) is 147 Å². The van der Waals surface area contributed by atoms with Crippen LogP contribution in [-0.4, -0.2) is 9.97 Å². The van der Waals surface area contributed by atoms with Crippen LogP contribution < -0.4 is 0 Å². The number of benzene rings is 5. The highest BCUT2D eigenvalue weighted by atomic mass is 14.8. The van der Waals surface area contributed by atoms with E-state index in [0.717, 1.165) is 55.4 Å². The maximum Gasteiger partial charge on any atom is 0.0978 e. The van der Waals surface area contributed by atoms with Crippen molar-refractivity contribution in [1.29, 1.82) is 0 Å². The number of hydrogen-bond donors (Lipinski definition) is 0. The highest BCUT2D eigenvalue weighted by Gasteiger charge is 2.17. The number of rotatable bonds is 4. The van der Waals surface area contributed by atoms with E-state index in [0.29, 0.717) is 0 Å². The second-order valence-corrected chi connectivity index (χ2v) is 10.4. The largest absolute Gasteiger partial charge is 0.245 e. The Hall–Kier alpha value is -5.08. The van der Waals surface area contributed by atoms with Crippen molar-refractivity contribution in [2.24, 2.45) is 0 Å². The average molecular weight is 513 g/mol. The van der Waals surface area contributed by atoms with Crippen LogP contribution >= 0.6 is 0 Å². The Labute approximate surface area is 234 Å². The fraction of sp³-hybridized carbons (Fsp3) is 0.0526. The minimum atomic E-state index is 0.917. The molecule has 0 fully saturated rings. The summed E-state index contributed by atoms with van der Waals surface area (Å²) in [6.07, 6.45) is 0. The lowest BCUT2D eigenvalue weighted by molar-refractivity contribution is 1.35. The lowest BCUT2D eigenvalue weighted by Crippen LogP contribution is -1.95. The SMILES string of the molecule is Cc1ccc(-c2cc(-c3ccccc3)c3ccc4c(-c5ccccc5)cc(-c5ccc(C)cc5)nc4c3n2)cc1. The zero-order valence-electron chi connectivity index (χ0n) is 22.6. The molecule has 2 heteroatoms. The van der Waals surface area contributed by atoms with E-state index in [1.54, 1.807) is 0 Å². The topological polar surface area (TPSA) is 25.8 Å². The number of nitrogens with zero attached hydrogens (tertiary/aromatic N) is 2. The molecule has 0 aliphatic rings. The molecule has 0 spiro atoms. The molecular weight excluding hydrogens is 484 g/mol.